The second-order valence-electron chi connectivity index (χ2n) is 14.6. The Balaban J connectivity index is 1.27. The summed E-state index contributed by atoms with van der Waals surface area (Å²) >= 11 is 0. The molecule has 0 radical (unpaired) electrons. The first-order chi connectivity index (χ1) is 24.3. The van der Waals surface area contributed by atoms with Crippen molar-refractivity contribution in [1.29, 1.82) is 0 Å². The maximum Gasteiger partial charge on any atom is 0.257 e. The molecule has 0 saturated carbocycles. The van der Waals surface area contributed by atoms with Crippen LogP contribution in [0.15, 0.2) is 54.9 Å². The smallest absolute Gasteiger partial charge is 0.257 e. The molecule has 0 fully saturated rings. The fourth-order valence-corrected chi connectivity index (χ4v) is 5.94. The number of H-pyrrole nitrogens is 1. The van der Waals surface area contributed by atoms with Gasteiger partial charge in [-0.05, 0) is 36.6 Å². The summed E-state index contributed by atoms with van der Waals surface area (Å²) < 4.78 is 6.14. The molecule has 4 N–H and O–H groups in total. The number of ether oxygens (including phenoxy) is 1. The Morgan fingerprint density at radius 3 is 2.43 bits per heavy atom. The van der Waals surface area contributed by atoms with Crippen LogP contribution in [0, 0.1) is 10.8 Å². The van der Waals surface area contributed by atoms with Gasteiger partial charge < -0.3 is 35.4 Å². The molecule has 0 saturated heterocycles. The standard InChI is InChI=1S/C39H50N6O6/c1-38(2,22-42-31-10-7-9-27(21-47)35(31)37(50)45(6)33(11-8-18-46)36(49)40-5)24-51-25-39(3,4)23-43-34(48)15-13-26-12-14-28-29-20-41-17-16-30(29)44-32(28)19-26/h7,9-10,12,14,16-21,33,42,44H,8,11,13,15,22-25H2,1-6H3,(H,40,49)(H,43,48). The van der Waals surface area contributed by atoms with E-state index in [9.17, 15) is 24.0 Å². The monoisotopic (exact) mass is 698 g/mol. The molecule has 4 aromatic rings. The van der Waals surface area contributed by atoms with Gasteiger partial charge in [0.15, 0.2) is 6.29 Å². The summed E-state index contributed by atoms with van der Waals surface area (Å²) in [5, 5.41) is 11.1. The fourth-order valence-electron chi connectivity index (χ4n) is 5.94. The average Bonchev–Trinajstić information content (AvgIpc) is 3.49. The zero-order valence-corrected chi connectivity index (χ0v) is 30.4. The molecule has 0 aliphatic carbocycles. The third kappa shape index (κ3) is 10.2. The summed E-state index contributed by atoms with van der Waals surface area (Å²) in [6.07, 6.45) is 6.20. The number of anilines is 1. The van der Waals surface area contributed by atoms with Gasteiger partial charge in [-0.2, -0.15) is 0 Å². The van der Waals surface area contributed by atoms with Gasteiger partial charge in [0.1, 0.15) is 12.3 Å². The maximum atomic E-state index is 13.7. The lowest BCUT2D eigenvalue weighted by atomic mass is 9.92. The van der Waals surface area contributed by atoms with Gasteiger partial charge in [-0.1, -0.05) is 52.0 Å². The minimum atomic E-state index is -0.877. The number of carbonyl (C=O) groups excluding carboxylic acids is 5. The van der Waals surface area contributed by atoms with Crippen LogP contribution >= 0.6 is 0 Å². The number of aromatic amines is 1. The number of pyridine rings is 1. The molecule has 3 amide bonds. The van der Waals surface area contributed by atoms with Gasteiger partial charge in [-0.25, -0.2) is 0 Å². The van der Waals surface area contributed by atoms with E-state index < -0.39 is 17.9 Å². The molecule has 2 aromatic carbocycles. The molecular weight excluding hydrogens is 648 g/mol. The molecule has 1 atom stereocenters. The van der Waals surface area contributed by atoms with Crippen LogP contribution in [0.4, 0.5) is 5.69 Å². The van der Waals surface area contributed by atoms with E-state index in [1.807, 2.05) is 40.0 Å². The van der Waals surface area contributed by atoms with Crippen molar-refractivity contribution in [2.45, 2.75) is 59.4 Å². The predicted octanol–water partition coefficient (Wildman–Crippen LogP) is 4.92. The number of rotatable bonds is 19. The van der Waals surface area contributed by atoms with Crippen LogP contribution in [0.3, 0.4) is 0 Å². The van der Waals surface area contributed by atoms with Crippen molar-refractivity contribution in [1.82, 2.24) is 25.5 Å². The summed E-state index contributed by atoms with van der Waals surface area (Å²) in [5.41, 5.74) is 3.26. The normalized spacial score (nSPS) is 12.4. The first-order valence-corrected chi connectivity index (χ1v) is 17.2. The molecule has 12 nitrogen and oxygen atoms in total. The molecule has 0 spiro atoms. The average molecular weight is 699 g/mol. The van der Waals surface area contributed by atoms with E-state index in [4.69, 9.17) is 4.74 Å². The van der Waals surface area contributed by atoms with Crippen LogP contribution in [0.1, 0.15) is 73.2 Å². The van der Waals surface area contributed by atoms with Gasteiger partial charge in [-0.15, -0.1) is 0 Å². The Kier molecular flexibility index (Phi) is 13.1. The predicted molar refractivity (Wildman–Crippen MR) is 199 cm³/mol. The Bertz CT molecular complexity index is 1870. The molecule has 0 aliphatic heterocycles. The first kappa shape index (κ1) is 38.7. The van der Waals surface area contributed by atoms with Crippen LogP contribution in [0.5, 0.6) is 0 Å². The van der Waals surface area contributed by atoms with E-state index in [0.717, 1.165) is 27.4 Å². The molecule has 4 rings (SSSR count). The lowest BCUT2D eigenvalue weighted by molar-refractivity contribution is -0.125. The summed E-state index contributed by atoms with van der Waals surface area (Å²) in [4.78, 5) is 70.9. The Morgan fingerprint density at radius 2 is 1.73 bits per heavy atom. The minimum absolute atomic E-state index is 0.0209. The van der Waals surface area contributed by atoms with E-state index >= 15 is 0 Å². The van der Waals surface area contributed by atoms with Crippen LogP contribution in [0.2, 0.25) is 0 Å². The van der Waals surface area contributed by atoms with Gasteiger partial charge >= 0.3 is 0 Å². The summed E-state index contributed by atoms with van der Waals surface area (Å²) in [6.45, 7) is 9.81. The number of aromatic nitrogens is 2. The Hall–Kier alpha value is -5.10. The lowest BCUT2D eigenvalue weighted by Crippen LogP contribution is -2.47. The van der Waals surface area contributed by atoms with E-state index in [-0.39, 0.29) is 40.7 Å². The highest BCUT2D eigenvalue weighted by molar-refractivity contribution is 6.08. The van der Waals surface area contributed by atoms with E-state index in [1.165, 1.54) is 19.0 Å². The number of amides is 3. The summed E-state index contributed by atoms with van der Waals surface area (Å²) in [7, 11) is 2.96. The SMILES string of the molecule is CNC(=O)C(CCC=O)N(C)C(=O)c1c(C=O)cccc1NCC(C)(C)COCC(C)(C)CNC(=O)CCc1ccc2c(c1)[nH]c1ccncc12. The highest BCUT2D eigenvalue weighted by Gasteiger charge is 2.30. The van der Waals surface area contributed by atoms with Crippen molar-refractivity contribution < 1.29 is 28.7 Å². The second-order valence-corrected chi connectivity index (χ2v) is 14.6. The topological polar surface area (TPSA) is 163 Å². The van der Waals surface area contributed by atoms with Gasteiger partial charge in [0.2, 0.25) is 11.8 Å². The molecular formula is C39H50N6O6. The zero-order valence-electron chi connectivity index (χ0n) is 30.4. The number of aldehydes is 2. The zero-order chi connectivity index (χ0) is 37.2. The summed E-state index contributed by atoms with van der Waals surface area (Å²) in [5.74, 6) is -0.928. The van der Waals surface area contributed by atoms with Gasteiger partial charge in [0.05, 0.1) is 18.8 Å². The van der Waals surface area contributed by atoms with Crippen molar-refractivity contribution in [2.75, 3.05) is 45.7 Å². The van der Waals surface area contributed by atoms with Crippen molar-refractivity contribution in [2.24, 2.45) is 10.8 Å². The number of benzene rings is 2. The maximum absolute atomic E-state index is 13.7. The number of hydrogen-bond donors (Lipinski definition) is 4. The van der Waals surface area contributed by atoms with Crippen LogP contribution < -0.4 is 16.0 Å². The molecule has 51 heavy (non-hydrogen) atoms. The van der Waals surface area contributed by atoms with Crippen molar-refractivity contribution in [3.8, 4) is 0 Å². The molecule has 0 bridgehead atoms. The molecule has 1 unspecified atom stereocenters. The van der Waals surface area contributed by atoms with Gasteiger partial charge in [-0.3, -0.25) is 24.2 Å². The molecule has 272 valence electrons. The fraction of sp³-hybridized carbons (Fsp3) is 0.436. The van der Waals surface area contributed by atoms with Crippen LogP contribution in [-0.4, -0.2) is 91.6 Å². The number of fused-ring (bicyclic) bond motifs is 3. The lowest BCUT2D eigenvalue weighted by Gasteiger charge is -2.31. The van der Waals surface area contributed by atoms with E-state index in [2.05, 4.69) is 44.1 Å². The molecule has 12 heteroatoms. The molecule has 2 heterocycles. The number of likely N-dealkylation sites (N-methyl/N-ethyl adjacent to an activating group) is 2. The van der Waals surface area contributed by atoms with Gasteiger partial charge in [0.25, 0.3) is 5.91 Å². The Labute approximate surface area is 299 Å². The van der Waals surface area contributed by atoms with E-state index in [0.29, 0.717) is 57.4 Å². The van der Waals surface area contributed by atoms with Crippen LogP contribution in [-0.2, 0) is 25.5 Å². The first-order valence-electron chi connectivity index (χ1n) is 17.2. The number of carbonyl (C=O) groups is 5. The van der Waals surface area contributed by atoms with E-state index in [1.54, 1.807) is 24.4 Å². The van der Waals surface area contributed by atoms with Gasteiger partial charge in [0, 0.05) is 96.3 Å². The number of nitrogens with one attached hydrogen (secondary N) is 4. The third-order valence-corrected chi connectivity index (χ3v) is 8.94. The highest BCUT2D eigenvalue weighted by Crippen LogP contribution is 2.27. The highest BCUT2D eigenvalue weighted by atomic mass is 16.5. The number of hydrogen-bond acceptors (Lipinski definition) is 8. The number of aryl methyl sites for hydroxylation is 1. The van der Waals surface area contributed by atoms with Crippen molar-refractivity contribution in [3.05, 3.63) is 71.5 Å². The summed E-state index contributed by atoms with van der Waals surface area (Å²) in [6, 6.07) is 12.3. The third-order valence-electron chi connectivity index (χ3n) is 8.94. The quantitative estimate of drug-likeness (QED) is 0.100. The van der Waals surface area contributed by atoms with Crippen molar-refractivity contribution in [3.63, 3.8) is 0 Å². The second kappa shape index (κ2) is 17.2. The largest absolute Gasteiger partial charge is 0.384 e. The van der Waals surface area contributed by atoms with Crippen molar-refractivity contribution >= 4 is 57.8 Å². The number of nitrogens with zero attached hydrogens (tertiary/aromatic N) is 2. The molecule has 2 aromatic heterocycles. The minimum Gasteiger partial charge on any atom is -0.384 e. The van der Waals surface area contributed by atoms with Crippen LogP contribution in [0.25, 0.3) is 21.8 Å². The molecule has 0 aliphatic rings. The Morgan fingerprint density at radius 1 is 0.980 bits per heavy atom.